The summed E-state index contributed by atoms with van der Waals surface area (Å²) in [5, 5.41) is 9.18. The molecule has 0 bridgehead atoms. The Morgan fingerprint density at radius 1 is 1.45 bits per heavy atom. The van der Waals surface area contributed by atoms with Gasteiger partial charge in [0, 0.05) is 12.2 Å². The van der Waals surface area contributed by atoms with Crippen LogP contribution in [0.25, 0.3) is 0 Å². The number of aryl methyl sites for hydroxylation is 1. The number of carbonyl (C=O) groups excluding carboxylic acids is 1. The number of carbonyl (C=O) groups is 2. The average Bonchev–Trinajstić information content (AvgIpc) is 2.36. The third-order valence-electron chi connectivity index (χ3n) is 2.60. The zero-order chi connectivity index (χ0) is 15.3. The molecule has 20 heavy (non-hydrogen) atoms. The van der Waals surface area contributed by atoms with E-state index in [1.807, 2.05) is 6.92 Å². The first kappa shape index (κ1) is 16.2. The molecule has 0 aliphatic heterocycles. The number of amides is 1. The van der Waals surface area contributed by atoms with Gasteiger partial charge in [-0.15, -0.1) is 11.8 Å². The molecule has 7 nitrogen and oxygen atoms in total. The van der Waals surface area contributed by atoms with Crippen LogP contribution in [-0.2, 0) is 4.79 Å². The van der Waals surface area contributed by atoms with Gasteiger partial charge in [0.05, 0.1) is 5.56 Å². The number of aliphatic carboxylic acids is 1. The summed E-state index contributed by atoms with van der Waals surface area (Å²) in [6.45, 7) is 3.41. The van der Waals surface area contributed by atoms with Gasteiger partial charge in [-0.2, -0.15) is 4.98 Å². The van der Waals surface area contributed by atoms with Crippen molar-refractivity contribution in [3.8, 4) is 0 Å². The van der Waals surface area contributed by atoms with E-state index >= 15 is 0 Å². The molecule has 0 radical (unpaired) electrons. The molecular formula is C12H17N3O4S. The van der Waals surface area contributed by atoms with Gasteiger partial charge in [0.25, 0.3) is 5.91 Å². The summed E-state index contributed by atoms with van der Waals surface area (Å²) < 4.78 is 0. The monoisotopic (exact) mass is 299 g/mol. The predicted octanol–water partition coefficient (Wildman–Crippen LogP) is 0.737. The van der Waals surface area contributed by atoms with Gasteiger partial charge in [0.1, 0.15) is 11.6 Å². The number of nitrogens with zero attached hydrogens (tertiary/aromatic N) is 2. The summed E-state index contributed by atoms with van der Waals surface area (Å²) >= 11 is 1.18. The Kier molecular flexibility index (Phi) is 5.75. The lowest BCUT2D eigenvalue weighted by Crippen LogP contribution is -2.37. The molecule has 0 aromatic carbocycles. The van der Waals surface area contributed by atoms with Gasteiger partial charge >= 0.3 is 11.7 Å². The number of H-pyrrole nitrogens is 1. The van der Waals surface area contributed by atoms with Crippen molar-refractivity contribution in [2.45, 2.75) is 25.3 Å². The van der Waals surface area contributed by atoms with Crippen LogP contribution in [0, 0.1) is 6.92 Å². The number of thioether (sulfide) groups is 1. The van der Waals surface area contributed by atoms with Crippen LogP contribution in [0.5, 0.6) is 0 Å². The van der Waals surface area contributed by atoms with Crippen LogP contribution in [0.2, 0.25) is 0 Å². The van der Waals surface area contributed by atoms with Crippen LogP contribution in [0.1, 0.15) is 29.4 Å². The van der Waals surface area contributed by atoms with Crippen molar-refractivity contribution in [3.05, 3.63) is 21.7 Å². The summed E-state index contributed by atoms with van der Waals surface area (Å²) in [4.78, 5) is 42.1. The fourth-order valence-electron chi connectivity index (χ4n) is 1.80. The molecule has 0 aliphatic carbocycles. The average molecular weight is 299 g/mol. The lowest BCUT2D eigenvalue weighted by molar-refractivity contribution is -0.137. The number of hydrogen-bond donors (Lipinski definition) is 2. The smallest absolute Gasteiger partial charge is 0.346 e. The summed E-state index contributed by atoms with van der Waals surface area (Å²) in [5.74, 6) is -1.51. The molecule has 1 aromatic heterocycles. The minimum atomic E-state index is -1.08. The van der Waals surface area contributed by atoms with Gasteiger partial charge in [-0.25, -0.2) is 4.79 Å². The Hall–Kier alpha value is -1.83. The first-order chi connectivity index (χ1) is 9.40. The van der Waals surface area contributed by atoms with E-state index in [9.17, 15) is 14.4 Å². The molecule has 2 N–H and O–H groups in total. The second kappa shape index (κ2) is 7.09. The first-order valence-electron chi connectivity index (χ1n) is 6.06. The fourth-order valence-corrected chi connectivity index (χ4v) is 2.42. The molecule has 110 valence electrons. The van der Waals surface area contributed by atoms with E-state index in [2.05, 4.69) is 9.97 Å². The number of aromatic amines is 1. The van der Waals surface area contributed by atoms with Crippen LogP contribution < -0.4 is 5.69 Å². The molecule has 0 unspecified atom stereocenters. The van der Waals surface area contributed by atoms with E-state index in [1.54, 1.807) is 13.2 Å². The summed E-state index contributed by atoms with van der Waals surface area (Å²) in [5.41, 5.74) is 0.126. The van der Waals surface area contributed by atoms with Gasteiger partial charge in [0.15, 0.2) is 0 Å². The standard InChI is InChI=1S/C12H17N3O4S/c1-4-5-15(6-8(16)17)11(18)9-7(2)13-12(19)14-10(9)20-3/h4-6H2,1-3H3,(H,16,17)(H,13,14,19). The number of hydrogen-bond acceptors (Lipinski definition) is 5. The molecular weight excluding hydrogens is 282 g/mol. The molecule has 0 aliphatic rings. The van der Waals surface area contributed by atoms with Gasteiger partial charge in [-0.1, -0.05) is 6.92 Å². The van der Waals surface area contributed by atoms with Gasteiger partial charge in [-0.3, -0.25) is 9.59 Å². The highest BCUT2D eigenvalue weighted by Gasteiger charge is 2.23. The van der Waals surface area contributed by atoms with Crippen LogP contribution in [0.3, 0.4) is 0 Å². The Balaban J connectivity index is 3.23. The van der Waals surface area contributed by atoms with Crippen molar-refractivity contribution < 1.29 is 14.7 Å². The van der Waals surface area contributed by atoms with Crippen molar-refractivity contribution in [1.29, 1.82) is 0 Å². The lowest BCUT2D eigenvalue weighted by atomic mass is 10.2. The van der Waals surface area contributed by atoms with Crippen molar-refractivity contribution in [3.63, 3.8) is 0 Å². The van der Waals surface area contributed by atoms with Crippen molar-refractivity contribution >= 4 is 23.6 Å². The number of nitrogens with one attached hydrogen (secondary N) is 1. The molecule has 0 spiro atoms. The second-order valence-electron chi connectivity index (χ2n) is 4.17. The molecule has 1 rings (SSSR count). The highest BCUT2D eigenvalue weighted by molar-refractivity contribution is 7.98. The third-order valence-corrected chi connectivity index (χ3v) is 3.28. The second-order valence-corrected chi connectivity index (χ2v) is 4.97. The van der Waals surface area contributed by atoms with Crippen molar-refractivity contribution in [2.75, 3.05) is 19.3 Å². The maximum atomic E-state index is 12.5. The Bertz CT molecular complexity index is 570. The molecule has 0 atom stereocenters. The maximum absolute atomic E-state index is 12.5. The van der Waals surface area contributed by atoms with Gasteiger partial charge < -0.3 is 15.0 Å². The lowest BCUT2D eigenvalue weighted by Gasteiger charge is -2.21. The largest absolute Gasteiger partial charge is 0.480 e. The van der Waals surface area contributed by atoms with Crippen LogP contribution in [-0.4, -0.2) is 51.2 Å². The van der Waals surface area contributed by atoms with Crippen LogP contribution in [0.15, 0.2) is 9.82 Å². The number of carboxylic acid groups (broad SMARTS) is 1. The molecule has 0 fully saturated rings. The molecule has 1 heterocycles. The minimum Gasteiger partial charge on any atom is -0.480 e. The zero-order valence-electron chi connectivity index (χ0n) is 11.6. The number of aromatic nitrogens is 2. The maximum Gasteiger partial charge on any atom is 0.346 e. The Labute approximate surface area is 120 Å². The summed E-state index contributed by atoms with van der Waals surface area (Å²) in [6, 6.07) is 0. The topological polar surface area (TPSA) is 103 Å². The van der Waals surface area contributed by atoms with E-state index in [1.165, 1.54) is 16.7 Å². The highest BCUT2D eigenvalue weighted by Crippen LogP contribution is 2.20. The molecule has 8 heteroatoms. The third kappa shape index (κ3) is 3.83. The molecule has 0 saturated carbocycles. The molecule has 0 saturated heterocycles. The van der Waals surface area contributed by atoms with Crippen LogP contribution in [0.4, 0.5) is 0 Å². The van der Waals surface area contributed by atoms with E-state index in [0.717, 1.165) is 0 Å². The van der Waals surface area contributed by atoms with E-state index < -0.39 is 17.6 Å². The minimum absolute atomic E-state index is 0.256. The Morgan fingerprint density at radius 2 is 2.10 bits per heavy atom. The van der Waals surface area contributed by atoms with Crippen molar-refractivity contribution in [1.82, 2.24) is 14.9 Å². The van der Waals surface area contributed by atoms with Gasteiger partial charge in [0.2, 0.25) is 0 Å². The van der Waals surface area contributed by atoms with E-state index in [-0.39, 0.29) is 12.1 Å². The molecule has 1 amide bonds. The van der Waals surface area contributed by atoms with Crippen molar-refractivity contribution in [2.24, 2.45) is 0 Å². The normalized spacial score (nSPS) is 10.3. The number of rotatable bonds is 6. The van der Waals surface area contributed by atoms with E-state index in [0.29, 0.717) is 23.7 Å². The fraction of sp³-hybridized carbons (Fsp3) is 0.500. The summed E-state index contributed by atoms with van der Waals surface area (Å²) in [7, 11) is 0. The van der Waals surface area contributed by atoms with E-state index in [4.69, 9.17) is 5.11 Å². The van der Waals surface area contributed by atoms with Crippen LogP contribution >= 0.6 is 11.8 Å². The zero-order valence-corrected chi connectivity index (χ0v) is 12.4. The Morgan fingerprint density at radius 3 is 2.60 bits per heavy atom. The SMILES string of the molecule is CCCN(CC(=O)O)C(=O)c1c(SC)nc(=O)[nH]c1C. The predicted molar refractivity (Wildman–Crippen MR) is 75.2 cm³/mol. The summed E-state index contributed by atoms with van der Waals surface area (Å²) in [6.07, 6.45) is 2.35. The first-order valence-corrected chi connectivity index (χ1v) is 7.29. The number of carboxylic acids is 1. The quantitative estimate of drug-likeness (QED) is 0.593. The van der Waals surface area contributed by atoms with Gasteiger partial charge in [-0.05, 0) is 19.6 Å². The molecule has 1 aromatic rings. The highest BCUT2D eigenvalue weighted by atomic mass is 32.2.